The smallest absolute Gasteiger partial charge is 0.206 e. The van der Waals surface area contributed by atoms with Gasteiger partial charge in [0.1, 0.15) is 23.0 Å². The SMILES string of the molecule is Cc1ccc(C)c(Oc2ccc(S(=O)(=O)c3ccc(O)cc3)cc2)c1Oc1ccc(S(=O)(=O)c2ccc(O)cc2)cc1. The molecule has 5 aromatic carbocycles. The van der Waals surface area contributed by atoms with Crippen molar-refractivity contribution in [2.24, 2.45) is 0 Å². The van der Waals surface area contributed by atoms with Gasteiger partial charge in [-0.3, -0.25) is 0 Å². The van der Waals surface area contributed by atoms with Gasteiger partial charge in [-0.15, -0.1) is 0 Å². The Morgan fingerprint density at radius 2 is 0.690 bits per heavy atom. The van der Waals surface area contributed by atoms with Gasteiger partial charge >= 0.3 is 0 Å². The van der Waals surface area contributed by atoms with Crippen molar-refractivity contribution < 1.29 is 36.5 Å². The Labute approximate surface area is 243 Å². The molecule has 10 heteroatoms. The zero-order chi connectivity index (χ0) is 30.1. The quantitative estimate of drug-likeness (QED) is 0.195. The maximum absolute atomic E-state index is 13.0. The molecule has 0 saturated carbocycles. The Morgan fingerprint density at radius 1 is 0.429 bits per heavy atom. The number of hydrogen-bond acceptors (Lipinski definition) is 8. The number of hydrogen-bond donors (Lipinski definition) is 2. The minimum absolute atomic E-state index is 0.0284. The average Bonchev–Trinajstić information content (AvgIpc) is 2.98. The van der Waals surface area contributed by atoms with Gasteiger partial charge in [-0.05, 0) is 122 Å². The fraction of sp³-hybridized carbons (Fsp3) is 0.0625. The van der Waals surface area contributed by atoms with E-state index >= 15 is 0 Å². The molecule has 0 radical (unpaired) electrons. The summed E-state index contributed by atoms with van der Waals surface area (Å²) in [5.41, 5.74) is 1.53. The number of aryl methyl sites for hydroxylation is 2. The van der Waals surface area contributed by atoms with E-state index < -0.39 is 19.7 Å². The first-order chi connectivity index (χ1) is 19.9. The lowest BCUT2D eigenvalue weighted by Gasteiger charge is -2.17. The first kappa shape index (κ1) is 28.7. The van der Waals surface area contributed by atoms with Crippen LogP contribution in [0.5, 0.6) is 34.5 Å². The molecule has 0 aromatic heterocycles. The van der Waals surface area contributed by atoms with Gasteiger partial charge in [0.15, 0.2) is 11.5 Å². The molecule has 0 aliphatic rings. The van der Waals surface area contributed by atoms with Crippen molar-refractivity contribution in [1.82, 2.24) is 0 Å². The van der Waals surface area contributed by atoms with E-state index in [9.17, 15) is 27.0 Å². The van der Waals surface area contributed by atoms with E-state index in [4.69, 9.17) is 9.47 Å². The van der Waals surface area contributed by atoms with Crippen LogP contribution in [-0.4, -0.2) is 27.0 Å². The van der Waals surface area contributed by atoms with Crippen LogP contribution in [0.1, 0.15) is 11.1 Å². The normalized spacial score (nSPS) is 11.7. The van der Waals surface area contributed by atoms with Crippen LogP contribution in [0, 0.1) is 13.8 Å². The second-order valence-corrected chi connectivity index (χ2v) is 13.4. The Morgan fingerprint density at radius 3 is 0.976 bits per heavy atom. The number of benzene rings is 5. The van der Waals surface area contributed by atoms with E-state index in [1.165, 1.54) is 72.8 Å². The second kappa shape index (κ2) is 11.2. The summed E-state index contributed by atoms with van der Waals surface area (Å²) in [6.45, 7) is 3.69. The van der Waals surface area contributed by atoms with Gasteiger partial charge in [0.25, 0.3) is 0 Å². The van der Waals surface area contributed by atoms with Gasteiger partial charge in [-0.1, -0.05) is 12.1 Å². The fourth-order valence-electron chi connectivity index (χ4n) is 4.15. The molecule has 0 aliphatic carbocycles. The predicted octanol–water partition coefficient (Wildman–Crippen LogP) is 6.96. The van der Waals surface area contributed by atoms with E-state index in [0.29, 0.717) is 23.0 Å². The molecule has 0 atom stereocenters. The molecular formula is C32H26O8S2. The van der Waals surface area contributed by atoms with Crippen LogP contribution >= 0.6 is 0 Å². The lowest BCUT2D eigenvalue weighted by atomic mass is 10.1. The first-order valence-electron chi connectivity index (χ1n) is 12.7. The molecule has 0 heterocycles. The third-order valence-electron chi connectivity index (χ3n) is 6.51. The van der Waals surface area contributed by atoms with Gasteiger partial charge in [0.05, 0.1) is 19.6 Å². The zero-order valence-corrected chi connectivity index (χ0v) is 24.2. The van der Waals surface area contributed by atoms with Gasteiger partial charge < -0.3 is 19.7 Å². The van der Waals surface area contributed by atoms with Gasteiger partial charge in [-0.2, -0.15) is 0 Å². The van der Waals surface area contributed by atoms with Crippen LogP contribution < -0.4 is 9.47 Å². The van der Waals surface area contributed by atoms with E-state index in [1.807, 2.05) is 26.0 Å². The molecule has 0 amide bonds. The highest BCUT2D eigenvalue weighted by Crippen LogP contribution is 2.41. The first-order valence-corrected chi connectivity index (χ1v) is 15.7. The summed E-state index contributed by atoms with van der Waals surface area (Å²) in [6, 6.07) is 26.3. The monoisotopic (exact) mass is 602 g/mol. The molecule has 214 valence electrons. The second-order valence-electron chi connectivity index (χ2n) is 9.50. The summed E-state index contributed by atoms with van der Waals surface area (Å²) >= 11 is 0. The zero-order valence-electron chi connectivity index (χ0n) is 22.6. The molecular weight excluding hydrogens is 576 g/mol. The lowest BCUT2D eigenvalue weighted by Crippen LogP contribution is -2.02. The average molecular weight is 603 g/mol. The molecule has 0 unspecified atom stereocenters. The minimum Gasteiger partial charge on any atom is -0.508 e. The van der Waals surface area contributed by atoms with Crippen molar-refractivity contribution in [3.63, 3.8) is 0 Å². The Balaban J connectivity index is 1.39. The molecule has 8 nitrogen and oxygen atoms in total. The van der Waals surface area contributed by atoms with Crippen molar-refractivity contribution >= 4 is 19.7 Å². The van der Waals surface area contributed by atoms with Crippen molar-refractivity contribution in [2.75, 3.05) is 0 Å². The highest BCUT2D eigenvalue weighted by molar-refractivity contribution is 7.91. The van der Waals surface area contributed by atoms with Gasteiger partial charge in [-0.25, -0.2) is 16.8 Å². The van der Waals surface area contributed by atoms with Crippen LogP contribution in [-0.2, 0) is 19.7 Å². The summed E-state index contributed by atoms with van der Waals surface area (Å²) < 4.78 is 64.2. The maximum atomic E-state index is 13.0. The van der Waals surface area contributed by atoms with Crippen LogP contribution in [0.3, 0.4) is 0 Å². The van der Waals surface area contributed by atoms with E-state index in [-0.39, 0.29) is 31.1 Å². The van der Waals surface area contributed by atoms with Crippen LogP contribution in [0.15, 0.2) is 129 Å². The molecule has 5 rings (SSSR count). The molecule has 0 aliphatic heterocycles. The van der Waals surface area contributed by atoms with Crippen molar-refractivity contribution in [1.29, 1.82) is 0 Å². The minimum atomic E-state index is -3.79. The van der Waals surface area contributed by atoms with E-state index in [1.54, 1.807) is 24.3 Å². The largest absolute Gasteiger partial charge is 0.508 e. The molecule has 0 bridgehead atoms. The van der Waals surface area contributed by atoms with E-state index in [2.05, 4.69) is 0 Å². The molecule has 42 heavy (non-hydrogen) atoms. The lowest BCUT2D eigenvalue weighted by molar-refractivity contribution is 0.413. The molecule has 0 saturated heterocycles. The van der Waals surface area contributed by atoms with Crippen LogP contribution in [0.2, 0.25) is 0 Å². The molecule has 2 N–H and O–H groups in total. The number of ether oxygens (including phenoxy) is 2. The number of phenolic OH excluding ortho intramolecular Hbond substituents is 2. The summed E-state index contributed by atoms with van der Waals surface area (Å²) in [6.07, 6.45) is 0. The fourth-order valence-corrected chi connectivity index (χ4v) is 6.67. The summed E-state index contributed by atoms with van der Waals surface area (Å²) in [5, 5.41) is 18.9. The number of rotatable bonds is 8. The van der Waals surface area contributed by atoms with Crippen molar-refractivity contribution in [3.05, 3.63) is 120 Å². The maximum Gasteiger partial charge on any atom is 0.206 e. The highest BCUT2D eigenvalue weighted by Gasteiger charge is 2.20. The summed E-state index contributed by atoms with van der Waals surface area (Å²) in [5.74, 6) is 1.55. The Kier molecular flexibility index (Phi) is 7.68. The Hall–Kier alpha value is -4.80. The van der Waals surface area contributed by atoms with E-state index in [0.717, 1.165) is 11.1 Å². The molecule has 0 spiro atoms. The van der Waals surface area contributed by atoms with Gasteiger partial charge in [0.2, 0.25) is 19.7 Å². The summed E-state index contributed by atoms with van der Waals surface area (Å²) in [4.78, 5) is 0.253. The standard InChI is InChI=1S/C32H26O8S2/c1-21-3-4-22(2)32(40-26-11-19-30(20-12-26)42(37,38)28-15-7-24(34)8-16-28)31(21)39-25-9-17-29(18-10-25)41(35,36)27-13-5-23(33)6-14-27/h3-20,33-34H,1-2H3. The predicted molar refractivity (Wildman–Crippen MR) is 156 cm³/mol. The van der Waals surface area contributed by atoms with Crippen LogP contribution in [0.4, 0.5) is 0 Å². The third-order valence-corrected chi connectivity index (χ3v) is 10.1. The molecule has 0 fully saturated rings. The number of aromatic hydroxyl groups is 2. The van der Waals surface area contributed by atoms with Crippen molar-refractivity contribution in [3.8, 4) is 34.5 Å². The molecule has 5 aromatic rings. The topological polar surface area (TPSA) is 127 Å². The highest BCUT2D eigenvalue weighted by atomic mass is 32.2. The third kappa shape index (κ3) is 5.81. The number of sulfone groups is 2. The van der Waals surface area contributed by atoms with Crippen molar-refractivity contribution in [2.45, 2.75) is 33.4 Å². The van der Waals surface area contributed by atoms with Crippen LogP contribution in [0.25, 0.3) is 0 Å². The van der Waals surface area contributed by atoms with Gasteiger partial charge in [0, 0.05) is 0 Å². The summed E-state index contributed by atoms with van der Waals surface area (Å²) in [7, 11) is -7.58. The number of phenols is 2. The Bertz CT molecular complexity index is 1800.